The number of hydrogen-bond acceptors (Lipinski definition) is 4. The lowest BCUT2D eigenvalue weighted by atomic mass is 10.1. The fourth-order valence-electron chi connectivity index (χ4n) is 1.63. The minimum absolute atomic E-state index is 0.0736. The molecule has 0 spiro atoms. The van der Waals surface area contributed by atoms with Crippen LogP contribution in [-0.4, -0.2) is 17.3 Å². The fraction of sp³-hybridized carbons (Fsp3) is 0.0714. The molecule has 2 aromatic rings. The first-order chi connectivity index (χ1) is 9.99. The Hall–Kier alpha value is -1.73. The topological polar surface area (TPSA) is 69.4 Å². The smallest absolute Gasteiger partial charge is 0.271 e. The van der Waals surface area contributed by atoms with Gasteiger partial charge in [0.05, 0.1) is 13.9 Å². The molecule has 21 heavy (non-hydrogen) atoms. The third-order valence-corrected chi connectivity index (χ3v) is 3.82. The summed E-state index contributed by atoms with van der Waals surface area (Å²) in [6, 6.07) is 11.4. The molecule has 0 aliphatic rings. The number of carbonyl (C=O) groups is 1. The van der Waals surface area contributed by atoms with Gasteiger partial charge in [-0.25, -0.2) is 0 Å². The van der Waals surface area contributed by atoms with E-state index in [2.05, 4.69) is 31.9 Å². The molecule has 0 saturated heterocycles. The summed E-state index contributed by atoms with van der Waals surface area (Å²) in [5.41, 5.74) is 0.474. The highest BCUT2D eigenvalue weighted by atomic mass is 79.9. The van der Waals surface area contributed by atoms with Crippen molar-refractivity contribution >= 4 is 43.3 Å². The minimum atomic E-state index is -0.506. The molecule has 0 heterocycles. The first-order valence-electron chi connectivity index (χ1n) is 5.83. The SMILES string of the molecule is O=C(COc1c(Br)cc([N+](=O)[O-])cc1Br)c1ccccc1. The van der Waals surface area contributed by atoms with Crippen LogP contribution < -0.4 is 4.74 Å². The molecule has 0 bridgehead atoms. The lowest BCUT2D eigenvalue weighted by Crippen LogP contribution is -2.12. The maximum absolute atomic E-state index is 12.0. The standard InChI is InChI=1S/C14H9Br2NO4/c15-11-6-10(17(19)20)7-12(16)14(11)21-8-13(18)9-4-2-1-3-5-9/h1-7H,8H2. The Kier molecular flexibility index (Phi) is 5.08. The van der Waals surface area contributed by atoms with Crippen molar-refractivity contribution in [2.45, 2.75) is 0 Å². The minimum Gasteiger partial charge on any atom is -0.483 e. The number of carbonyl (C=O) groups excluding carboxylic acids is 1. The summed E-state index contributed by atoms with van der Waals surface area (Å²) in [6.07, 6.45) is 0. The fourth-order valence-corrected chi connectivity index (χ4v) is 3.03. The Morgan fingerprint density at radius 1 is 1.14 bits per heavy atom. The molecule has 0 aliphatic carbocycles. The van der Waals surface area contributed by atoms with Crippen LogP contribution in [0.1, 0.15) is 10.4 Å². The summed E-state index contributed by atoms with van der Waals surface area (Å²) in [5, 5.41) is 10.7. The van der Waals surface area contributed by atoms with Crippen LogP contribution >= 0.6 is 31.9 Å². The number of nitrogens with zero attached hydrogens (tertiary/aromatic N) is 1. The van der Waals surface area contributed by atoms with E-state index >= 15 is 0 Å². The van der Waals surface area contributed by atoms with Crippen molar-refractivity contribution in [1.29, 1.82) is 0 Å². The molecule has 2 rings (SSSR count). The van der Waals surface area contributed by atoms with Crippen LogP contribution in [0.4, 0.5) is 5.69 Å². The van der Waals surface area contributed by atoms with Crippen molar-refractivity contribution in [1.82, 2.24) is 0 Å². The molecular weight excluding hydrogens is 406 g/mol. The lowest BCUT2D eigenvalue weighted by molar-refractivity contribution is -0.385. The Morgan fingerprint density at radius 3 is 2.24 bits per heavy atom. The second-order valence-corrected chi connectivity index (χ2v) is 5.78. The van der Waals surface area contributed by atoms with Crippen molar-refractivity contribution in [3.05, 3.63) is 67.1 Å². The van der Waals surface area contributed by atoms with Gasteiger partial charge < -0.3 is 4.74 Å². The maximum atomic E-state index is 12.0. The highest BCUT2D eigenvalue weighted by Gasteiger charge is 2.16. The van der Waals surface area contributed by atoms with Gasteiger partial charge in [-0.1, -0.05) is 30.3 Å². The van der Waals surface area contributed by atoms with Gasteiger partial charge in [0, 0.05) is 17.7 Å². The second-order valence-electron chi connectivity index (χ2n) is 4.07. The summed E-state index contributed by atoms with van der Waals surface area (Å²) in [4.78, 5) is 22.2. The van der Waals surface area contributed by atoms with E-state index in [1.807, 2.05) is 6.07 Å². The molecule has 0 N–H and O–H groups in total. The highest BCUT2D eigenvalue weighted by Crippen LogP contribution is 2.37. The molecule has 0 saturated carbocycles. The number of hydrogen-bond donors (Lipinski definition) is 0. The van der Waals surface area contributed by atoms with E-state index < -0.39 is 4.92 Å². The number of nitro benzene ring substituents is 1. The number of nitro groups is 1. The zero-order valence-corrected chi connectivity index (χ0v) is 13.8. The summed E-state index contributed by atoms with van der Waals surface area (Å²) in [6.45, 7) is -0.154. The van der Waals surface area contributed by atoms with E-state index in [1.54, 1.807) is 24.3 Å². The second kappa shape index (κ2) is 6.82. The molecule has 0 aromatic heterocycles. The van der Waals surface area contributed by atoms with Gasteiger partial charge in [0.1, 0.15) is 5.75 Å². The summed E-state index contributed by atoms with van der Waals surface area (Å²) >= 11 is 6.40. The maximum Gasteiger partial charge on any atom is 0.271 e. The van der Waals surface area contributed by atoms with Crippen molar-refractivity contribution in [2.75, 3.05) is 6.61 Å². The number of halogens is 2. The van der Waals surface area contributed by atoms with Crippen molar-refractivity contribution in [2.24, 2.45) is 0 Å². The molecule has 0 atom stereocenters. The third-order valence-electron chi connectivity index (χ3n) is 2.64. The average Bonchev–Trinajstić information content (AvgIpc) is 2.46. The highest BCUT2D eigenvalue weighted by molar-refractivity contribution is 9.11. The van der Waals surface area contributed by atoms with E-state index in [9.17, 15) is 14.9 Å². The van der Waals surface area contributed by atoms with Crippen LogP contribution in [-0.2, 0) is 0 Å². The van der Waals surface area contributed by atoms with Gasteiger partial charge in [-0.3, -0.25) is 14.9 Å². The van der Waals surface area contributed by atoms with Crippen LogP contribution in [0.15, 0.2) is 51.4 Å². The lowest BCUT2D eigenvalue weighted by Gasteiger charge is -2.09. The summed E-state index contributed by atoms with van der Waals surface area (Å²) in [5.74, 6) is 0.178. The van der Waals surface area contributed by atoms with E-state index in [0.29, 0.717) is 20.3 Å². The predicted molar refractivity (Wildman–Crippen MR) is 84.8 cm³/mol. The number of ether oxygens (including phenoxy) is 1. The summed E-state index contributed by atoms with van der Waals surface area (Å²) in [7, 11) is 0. The number of benzene rings is 2. The van der Waals surface area contributed by atoms with Gasteiger partial charge >= 0.3 is 0 Å². The van der Waals surface area contributed by atoms with E-state index in [0.717, 1.165) is 0 Å². The van der Waals surface area contributed by atoms with Crippen molar-refractivity contribution in [3.63, 3.8) is 0 Å². The van der Waals surface area contributed by atoms with Gasteiger partial charge in [0.2, 0.25) is 0 Å². The third kappa shape index (κ3) is 3.89. The van der Waals surface area contributed by atoms with Crippen molar-refractivity contribution in [3.8, 4) is 5.75 Å². The van der Waals surface area contributed by atoms with Gasteiger partial charge in [0.15, 0.2) is 12.4 Å². The average molecular weight is 415 g/mol. The number of rotatable bonds is 5. The Balaban J connectivity index is 2.14. The zero-order chi connectivity index (χ0) is 15.4. The Bertz CT molecular complexity index is 666. The molecule has 108 valence electrons. The van der Waals surface area contributed by atoms with E-state index in [-0.39, 0.29) is 18.1 Å². The first kappa shape index (κ1) is 15.7. The Labute approximate surface area is 137 Å². The molecule has 0 radical (unpaired) electrons. The zero-order valence-electron chi connectivity index (χ0n) is 10.6. The number of Topliss-reactive ketones (excluding diaryl/α,β-unsaturated/α-hetero) is 1. The van der Waals surface area contributed by atoms with E-state index in [1.165, 1.54) is 12.1 Å². The molecule has 0 amide bonds. The largest absolute Gasteiger partial charge is 0.483 e. The summed E-state index contributed by atoms with van der Waals surface area (Å²) < 4.78 is 6.27. The molecule has 5 nitrogen and oxygen atoms in total. The molecule has 7 heteroatoms. The predicted octanol–water partition coefficient (Wildman–Crippen LogP) is 4.38. The Morgan fingerprint density at radius 2 is 1.71 bits per heavy atom. The molecular formula is C14H9Br2NO4. The molecule has 0 aliphatic heterocycles. The number of non-ortho nitro benzene ring substituents is 1. The first-order valence-corrected chi connectivity index (χ1v) is 7.42. The van der Waals surface area contributed by atoms with Gasteiger partial charge in [0.25, 0.3) is 5.69 Å². The van der Waals surface area contributed by atoms with Crippen LogP contribution in [0, 0.1) is 10.1 Å². The van der Waals surface area contributed by atoms with Crippen LogP contribution in [0.3, 0.4) is 0 Å². The number of ketones is 1. The van der Waals surface area contributed by atoms with Crippen LogP contribution in [0.25, 0.3) is 0 Å². The van der Waals surface area contributed by atoms with E-state index in [4.69, 9.17) is 4.74 Å². The normalized spacial score (nSPS) is 10.2. The van der Waals surface area contributed by atoms with Crippen molar-refractivity contribution < 1.29 is 14.5 Å². The monoisotopic (exact) mass is 413 g/mol. The molecule has 2 aromatic carbocycles. The quantitative estimate of drug-likeness (QED) is 0.413. The van der Waals surface area contributed by atoms with Crippen LogP contribution in [0.5, 0.6) is 5.75 Å². The van der Waals surface area contributed by atoms with Crippen LogP contribution in [0.2, 0.25) is 0 Å². The molecule has 0 unspecified atom stereocenters. The van der Waals surface area contributed by atoms with Gasteiger partial charge in [-0.15, -0.1) is 0 Å². The molecule has 0 fully saturated rings. The van der Waals surface area contributed by atoms with Gasteiger partial charge in [-0.05, 0) is 31.9 Å². The van der Waals surface area contributed by atoms with Gasteiger partial charge in [-0.2, -0.15) is 0 Å².